The van der Waals surface area contributed by atoms with Gasteiger partial charge in [0, 0.05) is 0 Å². The fraction of sp³-hybridized carbons (Fsp3) is 0.118. The second-order valence-electron chi connectivity index (χ2n) is 4.84. The highest BCUT2D eigenvalue weighted by atomic mass is 16.5. The number of amides is 3. The number of hydrogen-bond acceptors (Lipinski definition) is 4. The van der Waals surface area contributed by atoms with E-state index in [1.165, 1.54) is 6.92 Å². The van der Waals surface area contributed by atoms with Crippen LogP contribution in [0.3, 0.4) is 0 Å². The third-order valence-electron chi connectivity index (χ3n) is 3.13. The summed E-state index contributed by atoms with van der Waals surface area (Å²) in [7, 11) is 0. The van der Waals surface area contributed by atoms with Crippen molar-refractivity contribution in [3.63, 3.8) is 0 Å². The predicted molar refractivity (Wildman–Crippen MR) is 84.5 cm³/mol. The van der Waals surface area contributed by atoms with E-state index in [4.69, 9.17) is 10.5 Å². The number of carbonyl (C=O) groups excluding carboxylic acids is 3. The van der Waals surface area contributed by atoms with Crippen LogP contribution in [0.5, 0.6) is 0 Å². The van der Waals surface area contributed by atoms with E-state index < -0.39 is 24.0 Å². The Labute approximate surface area is 133 Å². The average Bonchev–Trinajstić information content (AvgIpc) is 2.55. The van der Waals surface area contributed by atoms with Crippen LogP contribution in [-0.2, 0) is 9.53 Å². The molecule has 0 saturated carbocycles. The molecule has 118 valence electrons. The Morgan fingerprint density at radius 1 is 0.957 bits per heavy atom. The molecule has 0 spiro atoms. The lowest BCUT2D eigenvalue weighted by atomic mass is 10.0. The first-order chi connectivity index (χ1) is 11.0. The van der Waals surface area contributed by atoms with E-state index in [-0.39, 0.29) is 0 Å². The van der Waals surface area contributed by atoms with Crippen LogP contribution in [0.15, 0.2) is 54.6 Å². The summed E-state index contributed by atoms with van der Waals surface area (Å²) in [6, 6.07) is 15.5. The molecular weight excluding hydrogens is 296 g/mol. The van der Waals surface area contributed by atoms with Gasteiger partial charge in [-0.25, -0.2) is 9.59 Å². The Morgan fingerprint density at radius 3 is 2.09 bits per heavy atom. The van der Waals surface area contributed by atoms with Gasteiger partial charge in [-0.05, 0) is 30.2 Å². The van der Waals surface area contributed by atoms with E-state index in [0.717, 1.165) is 11.1 Å². The summed E-state index contributed by atoms with van der Waals surface area (Å²) in [6.45, 7) is 1.36. The van der Waals surface area contributed by atoms with Gasteiger partial charge in [-0.1, -0.05) is 42.5 Å². The standard InChI is InChI=1S/C17H16N2O4/c1-11(15(20)19-17(18)22)23-16(21)14-9-7-13(8-10-14)12-5-3-2-4-6-12/h2-11H,1H3,(H3,18,19,20,22)/t11-/m1/s1. The molecule has 2 rings (SSSR count). The molecule has 0 aliphatic carbocycles. The Bertz CT molecular complexity index is 711. The molecule has 2 aromatic rings. The topological polar surface area (TPSA) is 98.5 Å². The fourth-order valence-corrected chi connectivity index (χ4v) is 1.93. The SMILES string of the molecule is C[C@@H](OC(=O)c1ccc(-c2ccccc2)cc1)C(=O)NC(N)=O. The molecule has 0 aliphatic heterocycles. The summed E-state index contributed by atoms with van der Waals surface area (Å²) in [5, 5.41) is 1.85. The number of nitrogens with one attached hydrogen (secondary N) is 1. The average molecular weight is 312 g/mol. The van der Waals surface area contributed by atoms with Crippen molar-refractivity contribution in [3.05, 3.63) is 60.2 Å². The quantitative estimate of drug-likeness (QED) is 0.844. The Balaban J connectivity index is 2.03. The molecule has 2 aromatic carbocycles. The van der Waals surface area contributed by atoms with Crippen molar-refractivity contribution in [2.75, 3.05) is 0 Å². The lowest BCUT2D eigenvalue weighted by Gasteiger charge is -2.12. The number of imide groups is 1. The molecule has 0 aliphatic rings. The molecular formula is C17H16N2O4. The van der Waals surface area contributed by atoms with E-state index in [1.807, 2.05) is 35.6 Å². The number of ether oxygens (including phenoxy) is 1. The molecule has 0 aromatic heterocycles. The molecule has 0 unspecified atom stereocenters. The van der Waals surface area contributed by atoms with Crippen LogP contribution in [0, 0.1) is 0 Å². The highest BCUT2D eigenvalue weighted by molar-refractivity contribution is 5.98. The van der Waals surface area contributed by atoms with E-state index >= 15 is 0 Å². The summed E-state index contributed by atoms with van der Waals surface area (Å²) in [6.07, 6.45) is -1.12. The van der Waals surface area contributed by atoms with Crippen molar-refractivity contribution in [2.45, 2.75) is 13.0 Å². The third kappa shape index (κ3) is 4.41. The second-order valence-corrected chi connectivity index (χ2v) is 4.84. The Kier molecular flexibility index (Phi) is 5.09. The van der Waals surface area contributed by atoms with Crippen LogP contribution in [0.2, 0.25) is 0 Å². The first-order valence-corrected chi connectivity index (χ1v) is 6.94. The number of benzene rings is 2. The number of urea groups is 1. The molecule has 6 nitrogen and oxygen atoms in total. The van der Waals surface area contributed by atoms with Gasteiger partial charge in [0.05, 0.1) is 5.56 Å². The van der Waals surface area contributed by atoms with Crippen LogP contribution in [0.4, 0.5) is 4.79 Å². The number of primary amides is 1. The number of esters is 1. The zero-order chi connectivity index (χ0) is 16.8. The lowest BCUT2D eigenvalue weighted by molar-refractivity contribution is -0.127. The lowest BCUT2D eigenvalue weighted by Crippen LogP contribution is -2.42. The maximum Gasteiger partial charge on any atom is 0.338 e. The minimum Gasteiger partial charge on any atom is -0.449 e. The first kappa shape index (κ1) is 16.2. The van der Waals surface area contributed by atoms with Crippen LogP contribution in [-0.4, -0.2) is 24.0 Å². The highest BCUT2D eigenvalue weighted by Gasteiger charge is 2.19. The molecule has 6 heteroatoms. The van der Waals surface area contributed by atoms with Crippen LogP contribution in [0.25, 0.3) is 11.1 Å². The third-order valence-corrected chi connectivity index (χ3v) is 3.13. The highest BCUT2D eigenvalue weighted by Crippen LogP contribution is 2.19. The van der Waals surface area contributed by atoms with Crippen molar-refractivity contribution in [1.82, 2.24) is 5.32 Å². The van der Waals surface area contributed by atoms with Crippen LogP contribution >= 0.6 is 0 Å². The van der Waals surface area contributed by atoms with Crippen molar-refractivity contribution in [1.29, 1.82) is 0 Å². The minimum absolute atomic E-state index is 0.309. The van der Waals surface area contributed by atoms with Gasteiger partial charge in [-0.15, -0.1) is 0 Å². The maximum atomic E-state index is 12.0. The van der Waals surface area contributed by atoms with Gasteiger partial charge < -0.3 is 10.5 Å². The Morgan fingerprint density at radius 2 is 1.52 bits per heavy atom. The number of rotatable bonds is 4. The fourth-order valence-electron chi connectivity index (χ4n) is 1.93. The second kappa shape index (κ2) is 7.22. The normalized spacial score (nSPS) is 11.3. The van der Waals surface area contributed by atoms with Gasteiger partial charge in [0.2, 0.25) is 0 Å². The molecule has 0 radical (unpaired) electrons. The van der Waals surface area contributed by atoms with Gasteiger partial charge in [0.25, 0.3) is 5.91 Å². The van der Waals surface area contributed by atoms with E-state index in [1.54, 1.807) is 24.3 Å². The van der Waals surface area contributed by atoms with Crippen LogP contribution in [0.1, 0.15) is 17.3 Å². The molecule has 1 atom stereocenters. The van der Waals surface area contributed by atoms with Gasteiger partial charge in [0.15, 0.2) is 6.10 Å². The van der Waals surface area contributed by atoms with Gasteiger partial charge >= 0.3 is 12.0 Å². The maximum absolute atomic E-state index is 12.0. The molecule has 3 N–H and O–H groups in total. The largest absolute Gasteiger partial charge is 0.449 e. The summed E-state index contributed by atoms with van der Waals surface area (Å²) < 4.78 is 4.99. The van der Waals surface area contributed by atoms with E-state index in [0.29, 0.717) is 5.56 Å². The summed E-state index contributed by atoms with van der Waals surface area (Å²) in [5.41, 5.74) is 7.13. The summed E-state index contributed by atoms with van der Waals surface area (Å²) >= 11 is 0. The minimum atomic E-state index is -1.12. The summed E-state index contributed by atoms with van der Waals surface area (Å²) in [5.74, 6) is -1.43. The van der Waals surface area contributed by atoms with Crippen LogP contribution < -0.4 is 11.1 Å². The summed E-state index contributed by atoms with van der Waals surface area (Å²) in [4.78, 5) is 34.0. The van der Waals surface area contributed by atoms with Crippen molar-refractivity contribution >= 4 is 17.9 Å². The number of nitrogens with two attached hydrogens (primary N) is 1. The van der Waals surface area contributed by atoms with E-state index in [2.05, 4.69) is 0 Å². The zero-order valence-electron chi connectivity index (χ0n) is 12.5. The Hall–Kier alpha value is -3.15. The molecule has 0 bridgehead atoms. The van der Waals surface area contributed by atoms with Crippen molar-refractivity contribution < 1.29 is 19.1 Å². The smallest absolute Gasteiger partial charge is 0.338 e. The molecule has 0 fully saturated rings. The van der Waals surface area contributed by atoms with Gasteiger partial charge in [-0.2, -0.15) is 0 Å². The van der Waals surface area contributed by atoms with Gasteiger partial charge in [0.1, 0.15) is 0 Å². The predicted octanol–water partition coefficient (Wildman–Crippen LogP) is 2.09. The first-order valence-electron chi connectivity index (χ1n) is 6.94. The van der Waals surface area contributed by atoms with Crippen molar-refractivity contribution in [3.8, 4) is 11.1 Å². The molecule has 3 amide bonds. The van der Waals surface area contributed by atoms with Crippen molar-refractivity contribution in [2.24, 2.45) is 5.73 Å². The molecule has 23 heavy (non-hydrogen) atoms. The van der Waals surface area contributed by atoms with E-state index in [9.17, 15) is 14.4 Å². The number of carbonyl (C=O) groups is 3. The zero-order valence-corrected chi connectivity index (χ0v) is 12.5. The van der Waals surface area contributed by atoms with Gasteiger partial charge in [-0.3, -0.25) is 10.1 Å². The number of hydrogen-bond donors (Lipinski definition) is 2. The molecule has 0 heterocycles. The monoisotopic (exact) mass is 312 g/mol. The molecule has 0 saturated heterocycles.